The number of rotatable bonds is 3. The zero-order valence-electron chi connectivity index (χ0n) is 13.8. The second kappa shape index (κ2) is 6.57. The number of nitrogens with zero attached hydrogens (tertiary/aromatic N) is 5. The fourth-order valence-corrected chi connectivity index (χ4v) is 4.74. The molecule has 2 aliphatic heterocycles. The summed E-state index contributed by atoms with van der Waals surface area (Å²) < 4.78 is 0. The van der Waals surface area contributed by atoms with Crippen molar-refractivity contribution in [3.8, 4) is 10.7 Å². The van der Waals surface area contributed by atoms with Crippen LogP contribution in [0.5, 0.6) is 0 Å². The van der Waals surface area contributed by atoms with Crippen molar-refractivity contribution in [1.29, 1.82) is 0 Å². The van der Waals surface area contributed by atoms with E-state index in [0.29, 0.717) is 17.0 Å². The van der Waals surface area contributed by atoms with Gasteiger partial charge in [-0.25, -0.2) is 4.98 Å². The maximum absolute atomic E-state index is 13.0. The molecular formula is C17H21N5OS. The van der Waals surface area contributed by atoms with E-state index < -0.39 is 0 Å². The summed E-state index contributed by atoms with van der Waals surface area (Å²) in [5.41, 5.74) is 0.718. The maximum atomic E-state index is 13.0. The molecule has 4 rings (SSSR count). The predicted octanol–water partition coefficient (Wildman–Crippen LogP) is 2.30. The molecule has 24 heavy (non-hydrogen) atoms. The highest BCUT2D eigenvalue weighted by Crippen LogP contribution is 2.32. The molecule has 4 heterocycles. The van der Waals surface area contributed by atoms with Crippen LogP contribution in [-0.2, 0) is 0 Å². The Bertz CT molecular complexity index is 719. The van der Waals surface area contributed by atoms with Crippen LogP contribution < -0.4 is 0 Å². The molecule has 0 aromatic carbocycles. The third-order valence-corrected chi connectivity index (χ3v) is 6.09. The molecule has 0 saturated carbocycles. The van der Waals surface area contributed by atoms with Crippen LogP contribution in [0.2, 0.25) is 0 Å². The number of carbonyl (C=O) groups excluding carboxylic acids is 1. The molecule has 2 saturated heterocycles. The smallest absolute Gasteiger partial charge is 0.265 e. The minimum atomic E-state index is 0.116. The highest BCUT2D eigenvalue weighted by Gasteiger charge is 2.39. The number of hydrogen-bond acceptors (Lipinski definition) is 6. The van der Waals surface area contributed by atoms with Crippen LogP contribution >= 0.6 is 11.3 Å². The van der Waals surface area contributed by atoms with Gasteiger partial charge >= 0.3 is 0 Å². The SMILES string of the molecule is CN1CCC[C@H]1[C@@H]1CCCN1C(=O)c1cnc(-c2cnccn2)s1. The number of thiazole rings is 1. The van der Waals surface area contributed by atoms with E-state index in [4.69, 9.17) is 0 Å². The first-order valence-electron chi connectivity index (χ1n) is 8.47. The lowest BCUT2D eigenvalue weighted by atomic mass is 10.0. The van der Waals surface area contributed by atoms with E-state index in [1.54, 1.807) is 24.8 Å². The summed E-state index contributed by atoms with van der Waals surface area (Å²) in [7, 11) is 2.18. The first kappa shape index (κ1) is 15.7. The topological polar surface area (TPSA) is 62.2 Å². The van der Waals surface area contributed by atoms with Crippen LogP contribution in [0.1, 0.15) is 35.4 Å². The summed E-state index contributed by atoms with van der Waals surface area (Å²) in [5.74, 6) is 0.116. The Morgan fingerprint density at radius 1 is 1.12 bits per heavy atom. The van der Waals surface area contributed by atoms with Crippen LogP contribution in [0, 0.1) is 0 Å². The van der Waals surface area contributed by atoms with Gasteiger partial charge in [0.2, 0.25) is 0 Å². The van der Waals surface area contributed by atoms with Crippen molar-refractivity contribution in [3.05, 3.63) is 29.7 Å². The largest absolute Gasteiger partial charge is 0.333 e. The summed E-state index contributed by atoms with van der Waals surface area (Å²) in [6.45, 7) is 1.99. The minimum absolute atomic E-state index is 0.116. The average Bonchev–Trinajstić information content (AvgIpc) is 3.35. The average molecular weight is 343 g/mol. The molecule has 2 fully saturated rings. The van der Waals surface area contributed by atoms with Gasteiger partial charge in [0.1, 0.15) is 15.6 Å². The molecular weight excluding hydrogens is 322 g/mol. The van der Waals surface area contributed by atoms with Gasteiger partial charge < -0.3 is 9.80 Å². The van der Waals surface area contributed by atoms with Crippen molar-refractivity contribution in [2.24, 2.45) is 0 Å². The molecule has 2 aliphatic rings. The standard InChI is InChI=1S/C17H21N5OS/c1-21-8-2-4-13(21)14-5-3-9-22(14)17(23)15-11-20-16(24-15)12-10-18-6-7-19-12/h6-7,10-11,13-14H,2-5,8-9H2,1H3/t13-,14-/m0/s1. The number of aromatic nitrogens is 3. The lowest BCUT2D eigenvalue weighted by Crippen LogP contribution is -2.46. The van der Waals surface area contributed by atoms with Crippen molar-refractivity contribution in [3.63, 3.8) is 0 Å². The summed E-state index contributed by atoms with van der Waals surface area (Å²) in [6.07, 6.45) is 11.3. The fraction of sp³-hybridized carbons (Fsp3) is 0.529. The quantitative estimate of drug-likeness (QED) is 0.856. The van der Waals surface area contributed by atoms with Crippen LogP contribution in [-0.4, -0.2) is 62.9 Å². The van der Waals surface area contributed by atoms with Gasteiger partial charge in [0, 0.05) is 31.0 Å². The zero-order chi connectivity index (χ0) is 16.5. The van der Waals surface area contributed by atoms with Crippen LogP contribution in [0.3, 0.4) is 0 Å². The molecule has 2 aromatic rings. The zero-order valence-corrected chi connectivity index (χ0v) is 14.6. The highest BCUT2D eigenvalue weighted by molar-refractivity contribution is 7.16. The van der Waals surface area contributed by atoms with Crippen molar-refractivity contribution < 1.29 is 4.79 Å². The number of likely N-dealkylation sites (tertiary alicyclic amines) is 2. The maximum Gasteiger partial charge on any atom is 0.265 e. The molecule has 1 amide bonds. The summed E-state index contributed by atoms with van der Waals surface area (Å²) in [4.78, 5) is 30.9. The molecule has 2 aromatic heterocycles. The monoisotopic (exact) mass is 343 g/mol. The Kier molecular flexibility index (Phi) is 4.28. The van der Waals surface area contributed by atoms with E-state index in [1.807, 2.05) is 0 Å². The predicted molar refractivity (Wildman–Crippen MR) is 92.9 cm³/mol. The van der Waals surface area contributed by atoms with E-state index in [2.05, 4.69) is 31.8 Å². The van der Waals surface area contributed by atoms with Gasteiger partial charge in [-0.05, 0) is 39.3 Å². The second-order valence-electron chi connectivity index (χ2n) is 6.52. The third-order valence-electron chi connectivity index (χ3n) is 5.08. The Labute approximate surface area is 145 Å². The number of likely N-dealkylation sites (N-methyl/N-ethyl adjacent to an activating group) is 1. The van der Waals surface area contributed by atoms with E-state index in [-0.39, 0.29) is 5.91 Å². The van der Waals surface area contributed by atoms with E-state index >= 15 is 0 Å². The minimum Gasteiger partial charge on any atom is -0.333 e. The molecule has 0 aliphatic carbocycles. The van der Waals surface area contributed by atoms with Gasteiger partial charge in [-0.2, -0.15) is 0 Å². The lowest BCUT2D eigenvalue weighted by molar-refractivity contribution is 0.0669. The van der Waals surface area contributed by atoms with Gasteiger partial charge in [0.15, 0.2) is 0 Å². The Morgan fingerprint density at radius 2 is 1.96 bits per heavy atom. The van der Waals surface area contributed by atoms with Crippen LogP contribution in [0.4, 0.5) is 0 Å². The van der Waals surface area contributed by atoms with Gasteiger partial charge in [0.25, 0.3) is 5.91 Å². The van der Waals surface area contributed by atoms with E-state index in [9.17, 15) is 4.79 Å². The van der Waals surface area contributed by atoms with Crippen molar-refractivity contribution in [1.82, 2.24) is 24.8 Å². The first-order chi connectivity index (χ1) is 11.7. The third kappa shape index (κ3) is 2.82. The van der Waals surface area contributed by atoms with Crippen molar-refractivity contribution in [2.45, 2.75) is 37.8 Å². The molecule has 0 unspecified atom stereocenters. The molecule has 2 atom stereocenters. The van der Waals surface area contributed by atoms with E-state index in [0.717, 1.165) is 36.6 Å². The number of hydrogen-bond donors (Lipinski definition) is 0. The Morgan fingerprint density at radius 3 is 2.71 bits per heavy atom. The van der Waals surface area contributed by atoms with E-state index in [1.165, 1.54) is 24.2 Å². The molecule has 0 bridgehead atoms. The van der Waals surface area contributed by atoms with Gasteiger partial charge in [-0.15, -0.1) is 11.3 Å². The van der Waals surface area contributed by atoms with Crippen LogP contribution in [0.15, 0.2) is 24.8 Å². The number of amides is 1. The molecule has 126 valence electrons. The van der Waals surface area contributed by atoms with Gasteiger partial charge in [-0.1, -0.05) is 0 Å². The van der Waals surface area contributed by atoms with Crippen molar-refractivity contribution in [2.75, 3.05) is 20.1 Å². The Hall–Kier alpha value is -1.86. The number of carbonyl (C=O) groups is 1. The highest BCUT2D eigenvalue weighted by atomic mass is 32.1. The van der Waals surface area contributed by atoms with Gasteiger partial charge in [0.05, 0.1) is 12.4 Å². The summed E-state index contributed by atoms with van der Waals surface area (Å²) in [5, 5.41) is 0.750. The molecule has 7 heteroatoms. The molecule has 0 N–H and O–H groups in total. The molecule has 0 spiro atoms. The lowest BCUT2D eigenvalue weighted by Gasteiger charge is -2.33. The van der Waals surface area contributed by atoms with Crippen molar-refractivity contribution >= 4 is 17.2 Å². The summed E-state index contributed by atoms with van der Waals surface area (Å²) >= 11 is 1.41. The second-order valence-corrected chi connectivity index (χ2v) is 7.55. The molecule has 0 radical (unpaired) electrons. The molecule has 6 nitrogen and oxygen atoms in total. The van der Waals surface area contributed by atoms with Crippen LogP contribution in [0.25, 0.3) is 10.7 Å². The summed E-state index contributed by atoms with van der Waals surface area (Å²) in [6, 6.07) is 0.843. The van der Waals surface area contributed by atoms with Gasteiger partial charge in [-0.3, -0.25) is 14.8 Å². The normalized spacial score (nSPS) is 24.6. The first-order valence-corrected chi connectivity index (χ1v) is 9.29. The fourth-order valence-electron chi connectivity index (χ4n) is 3.91. The Balaban J connectivity index is 1.54.